The molecule has 2 N–H and O–H groups in total. The molecule has 0 bridgehead atoms. The molecular weight excluding hydrogens is 184 g/mol. The lowest BCUT2D eigenvalue weighted by Gasteiger charge is -2.04. The van der Waals surface area contributed by atoms with Crippen LogP contribution in [0.4, 0.5) is 11.6 Å². The van der Waals surface area contributed by atoms with Gasteiger partial charge in [-0.25, -0.2) is 0 Å². The molecule has 0 saturated carbocycles. The number of anilines is 2. The summed E-state index contributed by atoms with van der Waals surface area (Å²) >= 11 is 0. The normalized spacial score (nSPS) is 9.43. The molecule has 0 amide bonds. The maximum atomic E-state index is 3.70. The minimum Gasteiger partial charge on any atom is -0.281 e. The van der Waals surface area contributed by atoms with Gasteiger partial charge in [0.05, 0.1) is 12.4 Å². The molecule has 0 spiro atoms. The molecule has 0 saturated heterocycles. The van der Waals surface area contributed by atoms with Crippen molar-refractivity contribution in [1.82, 2.24) is 30.8 Å². The van der Waals surface area contributed by atoms with Crippen LogP contribution in [0.1, 0.15) is 0 Å². The van der Waals surface area contributed by atoms with Gasteiger partial charge in [0.15, 0.2) is 11.6 Å². The van der Waals surface area contributed by atoms with Crippen molar-refractivity contribution in [3.05, 3.63) is 24.5 Å². The minimum atomic E-state index is 0.540. The minimum absolute atomic E-state index is 0.540. The quantitative estimate of drug-likeness (QED) is 0.624. The fourth-order valence-electron chi connectivity index (χ4n) is 0.744. The standard InChI is InChI=1S/C6H6N8/c1-3-7-13-11-5(1)9-10-6-2-4-8-14-12-6/h1-4H,(H,7,9,11)(H,8,10,12). The topological polar surface area (TPSA) is 101 Å². The van der Waals surface area contributed by atoms with E-state index in [0.29, 0.717) is 11.6 Å². The lowest BCUT2D eigenvalue weighted by atomic mass is 10.6. The molecule has 0 atom stereocenters. The average Bonchev–Trinajstić information content (AvgIpc) is 2.29. The first-order valence-electron chi connectivity index (χ1n) is 3.76. The van der Waals surface area contributed by atoms with Gasteiger partial charge >= 0.3 is 0 Å². The highest BCUT2D eigenvalue weighted by Gasteiger charge is 1.93. The molecule has 0 aliphatic rings. The van der Waals surface area contributed by atoms with Crippen molar-refractivity contribution in [3.63, 3.8) is 0 Å². The van der Waals surface area contributed by atoms with Gasteiger partial charge in [-0.3, -0.25) is 10.9 Å². The van der Waals surface area contributed by atoms with Crippen LogP contribution in [-0.4, -0.2) is 30.8 Å². The Kier molecular flexibility index (Phi) is 2.37. The Morgan fingerprint density at radius 3 is 1.64 bits per heavy atom. The maximum absolute atomic E-state index is 3.70. The average molecular weight is 190 g/mol. The highest BCUT2D eigenvalue weighted by Crippen LogP contribution is 1.99. The molecule has 0 aliphatic heterocycles. The van der Waals surface area contributed by atoms with Crippen LogP contribution < -0.4 is 10.9 Å². The molecule has 14 heavy (non-hydrogen) atoms. The molecule has 2 rings (SSSR count). The first kappa shape index (κ1) is 8.23. The largest absolute Gasteiger partial charge is 0.281 e. The summed E-state index contributed by atoms with van der Waals surface area (Å²) in [6, 6.07) is 3.32. The summed E-state index contributed by atoms with van der Waals surface area (Å²) in [4.78, 5) is 0. The third kappa shape index (κ3) is 2.06. The van der Waals surface area contributed by atoms with E-state index in [9.17, 15) is 0 Å². The summed E-state index contributed by atoms with van der Waals surface area (Å²) in [5.74, 6) is 1.08. The van der Waals surface area contributed by atoms with Gasteiger partial charge in [0.25, 0.3) is 0 Å². The summed E-state index contributed by atoms with van der Waals surface area (Å²) in [7, 11) is 0. The van der Waals surface area contributed by atoms with Gasteiger partial charge in [0, 0.05) is 12.1 Å². The second-order valence-corrected chi connectivity index (χ2v) is 2.26. The van der Waals surface area contributed by atoms with Crippen LogP contribution in [0.2, 0.25) is 0 Å². The zero-order valence-corrected chi connectivity index (χ0v) is 6.99. The monoisotopic (exact) mass is 190 g/mol. The van der Waals surface area contributed by atoms with Crippen LogP contribution >= 0.6 is 0 Å². The van der Waals surface area contributed by atoms with E-state index < -0.39 is 0 Å². The van der Waals surface area contributed by atoms with Crippen molar-refractivity contribution in [1.29, 1.82) is 0 Å². The Labute approximate surface area is 78.8 Å². The summed E-state index contributed by atoms with van der Waals surface area (Å²) in [5, 5.41) is 21.3. The Morgan fingerprint density at radius 1 is 0.786 bits per heavy atom. The molecule has 2 aromatic rings. The van der Waals surface area contributed by atoms with Crippen molar-refractivity contribution in [2.75, 3.05) is 10.9 Å². The number of nitrogens with zero attached hydrogens (tertiary/aromatic N) is 6. The fraction of sp³-hybridized carbons (Fsp3) is 0. The molecule has 2 aromatic heterocycles. The molecule has 0 radical (unpaired) electrons. The first-order valence-corrected chi connectivity index (χ1v) is 3.76. The molecule has 70 valence electrons. The Balaban J connectivity index is 1.96. The number of hydrogen-bond acceptors (Lipinski definition) is 8. The third-order valence-corrected chi connectivity index (χ3v) is 1.32. The highest BCUT2D eigenvalue weighted by molar-refractivity contribution is 5.41. The van der Waals surface area contributed by atoms with E-state index in [1.165, 1.54) is 12.4 Å². The van der Waals surface area contributed by atoms with Gasteiger partial charge < -0.3 is 0 Å². The number of hydrogen-bond donors (Lipinski definition) is 2. The van der Waals surface area contributed by atoms with Crippen LogP contribution in [0, 0.1) is 0 Å². The number of aromatic nitrogens is 6. The summed E-state index contributed by atoms with van der Waals surface area (Å²) in [5.41, 5.74) is 5.53. The second kappa shape index (κ2) is 4.03. The zero-order valence-electron chi connectivity index (χ0n) is 6.99. The lowest BCUT2D eigenvalue weighted by molar-refractivity contribution is 0.857. The summed E-state index contributed by atoms with van der Waals surface area (Å²) < 4.78 is 0. The zero-order chi connectivity index (χ0) is 9.64. The van der Waals surface area contributed by atoms with E-state index in [4.69, 9.17) is 0 Å². The molecule has 0 fully saturated rings. The smallest absolute Gasteiger partial charge is 0.170 e. The van der Waals surface area contributed by atoms with Crippen molar-refractivity contribution < 1.29 is 0 Å². The van der Waals surface area contributed by atoms with Crippen molar-refractivity contribution in [3.8, 4) is 0 Å². The molecule has 2 heterocycles. The number of rotatable bonds is 3. The summed E-state index contributed by atoms with van der Waals surface area (Å²) in [6.07, 6.45) is 3.05. The molecule has 0 aromatic carbocycles. The van der Waals surface area contributed by atoms with Crippen LogP contribution in [0.3, 0.4) is 0 Å². The second-order valence-electron chi connectivity index (χ2n) is 2.26. The number of nitrogens with one attached hydrogen (secondary N) is 2. The molecule has 8 nitrogen and oxygen atoms in total. The SMILES string of the molecule is c1cc(NNc2ccnnn2)nnn1. The van der Waals surface area contributed by atoms with Gasteiger partial charge in [-0.15, -0.1) is 20.4 Å². The van der Waals surface area contributed by atoms with Gasteiger partial charge in [-0.1, -0.05) is 0 Å². The molecule has 0 aliphatic carbocycles. The Morgan fingerprint density at radius 2 is 1.29 bits per heavy atom. The van der Waals surface area contributed by atoms with Gasteiger partial charge in [-0.2, -0.15) is 0 Å². The predicted molar refractivity (Wildman–Crippen MR) is 46.9 cm³/mol. The molecule has 0 unspecified atom stereocenters. The highest BCUT2D eigenvalue weighted by atomic mass is 15.5. The van der Waals surface area contributed by atoms with E-state index in [1.54, 1.807) is 12.1 Å². The lowest BCUT2D eigenvalue weighted by Crippen LogP contribution is -2.12. The van der Waals surface area contributed by atoms with E-state index in [1.807, 2.05) is 0 Å². The predicted octanol–water partition coefficient (Wildman–Crippen LogP) is -0.504. The van der Waals surface area contributed by atoms with Crippen molar-refractivity contribution >= 4 is 11.6 Å². The maximum Gasteiger partial charge on any atom is 0.170 e. The van der Waals surface area contributed by atoms with Crippen LogP contribution in [-0.2, 0) is 0 Å². The molecule has 8 heteroatoms. The van der Waals surface area contributed by atoms with Crippen LogP contribution in [0.25, 0.3) is 0 Å². The van der Waals surface area contributed by atoms with Gasteiger partial charge in [0.1, 0.15) is 0 Å². The molecular formula is C6H6N8. The Bertz CT molecular complexity index is 336. The fourth-order valence-corrected chi connectivity index (χ4v) is 0.744. The number of hydrazine groups is 1. The first-order chi connectivity index (χ1) is 6.95. The van der Waals surface area contributed by atoms with E-state index in [2.05, 4.69) is 41.7 Å². The van der Waals surface area contributed by atoms with E-state index in [0.717, 1.165) is 0 Å². The summed E-state index contributed by atoms with van der Waals surface area (Å²) in [6.45, 7) is 0. The van der Waals surface area contributed by atoms with Gasteiger partial charge in [-0.05, 0) is 10.4 Å². The van der Waals surface area contributed by atoms with Gasteiger partial charge in [0.2, 0.25) is 0 Å². The van der Waals surface area contributed by atoms with Crippen molar-refractivity contribution in [2.24, 2.45) is 0 Å². The van der Waals surface area contributed by atoms with Crippen molar-refractivity contribution in [2.45, 2.75) is 0 Å². The van der Waals surface area contributed by atoms with Crippen LogP contribution in [0.5, 0.6) is 0 Å². The van der Waals surface area contributed by atoms with Crippen LogP contribution in [0.15, 0.2) is 24.5 Å². The Hall–Kier alpha value is -2.38. The third-order valence-electron chi connectivity index (χ3n) is 1.32. The van der Waals surface area contributed by atoms with E-state index in [-0.39, 0.29) is 0 Å². The van der Waals surface area contributed by atoms with E-state index >= 15 is 0 Å².